The molecular formula is C28H29N3O6S. The number of aromatic nitrogens is 1. The normalized spacial score (nSPS) is 13.6. The van der Waals surface area contributed by atoms with Gasteiger partial charge in [-0.1, -0.05) is 18.2 Å². The van der Waals surface area contributed by atoms with Crippen LogP contribution in [0.1, 0.15) is 25.3 Å². The highest BCUT2D eigenvalue weighted by molar-refractivity contribution is 7.14. The molecule has 9 nitrogen and oxygen atoms in total. The summed E-state index contributed by atoms with van der Waals surface area (Å²) in [4.78, 5) is 30.6. The van der Waals surface area contributed by atoms with Crippen LogP contribution in [0.2, 0.25) is 0 Å². The Labute approximate surface area is 225 Å². The predicted octanol–water partition coefficient (Wildman–Crippen LogP) is 5.15. The van der Waals surface area contributed by atoms with Crippen LogP contribution in [-0.2, 0) is 19.1 Å². The molecule has 1 aliphatic rings. The van der Waals surface area contributed by atoms with E-state index in [1.807, 2.05) is 47.8 Å². The fourth-order valence-corrected chi connectivity index (χ4v) is 5.24. The van der Waals surface area contributed by atoms with E-state index in [1.54, 1.807) is 28.1 Å². The summed E-state index contributed by atoms with van der Waals surface area (Å²) >= 11 is 1.41. The number of nitrogens with one attached hydrogen (secondary N) is 2. The third-order valence-electron chi connectivity index (χ3n) is 6.27. The van der Waals surface area contributed by atoms with Crippen molar-refractivity contribution in [1.82, 2.24) is 10.3 Å². The standard InChI is InChI=1S/C28H29N3O6S/c1-15-23(26(32)36-5)25(24(16(2)29-15)27(33)37-6)18-9-7-8-10-20(18)30-28-31-21(14-38-28)19-13-17(34-3)11-12-22(19)35-4/h7-14,25,29H,1-6H3,(H,30,31). The van der Waals surface area contributed by atoms with Crippen molar-refractivity contribution in [1.29, 1.82) is 0 Å². The lowest BCUT2D eigenvalue weighted by atomic mass is 9.79. The first-order chi connectivity index (χ1) is 18.3. The number of rotatable bonds is 8. The smallest absolute Gasteiger partial charge is 0.336 e. The monoisotopic (exact) mass is 535 g/mol. The molecule has 38 heavy (non-hydrogen) atoms. The van der Waals surface area contributed by atoms with E-state index in [4.69, 9.17) is 23.9 Å². The van der Waals surface area contributed by atoms with Crippen LogP contribution in [0, 0.1) is 0 Å². The van der Waals surface area contributed by atoms with E-state index in [-0.39, 0.29) is 0 Å². The van der Waals surface area contributed by atoms with Crippen molar-refractivity contribution in [2.75, 3.05) is 33.8 Å². The van der Waals surface area contributed by atoms with Crippen LogP contribution >= 0.6 is 11.3 Å². The molecule has 4 rings (SSSR count). The number of para-hydroxylation sites is 1. The maximum absolute atomic E-state index is 12.9. The zero-order valence-electron chi connectivity index (χ0n) is 22.0. The molecule has 1 aliphatic heterocycles. The largest absolute Gasteiger partial charge is 0.497 e. The third-order valence-corrected chi connectivity index (χ3v) is 7.03. The molecule has 0 radical (unpaired) electrons. The second-order valence-electron chi connectivity index (χ2n) is 8.43. The molecule has 0 spiro atoms. The predicted molar refractivity (Wildman–Crippen MR) is 146 cm³/mol. The number of anilines is 2. The van der Waals surface area contributed by atoms with Crippen molar-refractivity contribution in [2.24, 2.45) is 0 Å². The first-order valence-electron chi connectivity index (χ1n) is 11.7. The lowest BCUT2D eigenvalue weighted by Gasteiger charge is -2.31. The fraction of sp³-hybridized carbons (Fsp3) is 0.250. The van der Waals surface area contributed by atoms with Gasteiger partial charge < -0.3 is 29.6 Å². The summed E-state index contributed by atoms with van der Waals surface area (Å²) < 4.78 is 21.1. The van der Waals surface area contributed by atoms with E-state index < -0.39 is 17.9 Å². The highest BCUT2D eigenvalue weighted by Crippen LogP contribution is 2.43. The molecule has 0 aliphatic carbocycles. The number of benzene rings is 2. The van der Waals surface area contributed by atoms with E-state index in [0.29, 0.717) is 56.1 Å². The van der Waals surface area contributed by atoms with Crippen LogP contribution < -0.4 is 20.1 Å². The van der Waals surface area contributed by atoms with E-state index in [2.05, 4.69) is 10.6 Å². The molecular weight excluding hydrogens is 506 g/mol. The first-order valence-corrected chi connectivity index (χ1v) is 12.6. The minimum Gasteiger partial charge on any atom is -0.497 e. The Hall–Kier alpha value is -4.31. The summed E-state index contributed by atoms with van der Waals surface area (Å²) in [5, 5.41) is 9.04. The van der Waals surface area contributed by atoms with Crippen molar-refractivity contribution in [3.05, 3.63) is 75.9 Å². The second kappa shape index (κ2) is 11.4. The van der Waals surface area contributed by atoms with Crippen molar-refractivity contribution in [3.63, 3.8) is 0 Å². The van der Waals surface area contributed by atoms with Crippen molar-refractivity contribution < 1.29 is 28.5 Å². The second-order valence-corrected chi connectivity index (χ2v) is 9.29. The molecule has 10 heteroatoms. The molecule has 2 heterocycles. The first kappa shape index (κ1) is 26.7. The number of carbonyl (C=O) groups excluding carboxylic acids is 2. The quantitative estimate of drug-likeness (QED) is 0.379. The molecule has 0 atom stereocenters. The topological polar surface area (TPSA) is 108 Å². The van der Waals surface area contributed by atoms with Crippen molar-refractivity contribution in [3.8, 4) is 22.8 Å². The Bertz CT molecular complexity index is 1400. The lowest BCUT2D eigenvalue weighted by molar-refractivity contribution is -0.137. The number of nitrogens with zero attached hydrogens (tertiary/aromatic N) is 1. The van der Waals surface area contributed by atoms with Gasteiger partial charge in [-0.2, -0.15) is 0 Å². The maximum Gasteiger partial charge on any atom is 0.336 e. The van der Waals surface area contributed by atoms with E-state index >= 15 is 0 Å². The minimum absolute atomic E-state index is 0.327. The summed E-state index contributed by atoms with van der Waals surface area (Å²) in [5.41, 5.74) is 4.74. The van der Waals surface area contributed by atoms with Crippen LogP contribution in [0.5, 0.6) is 11.5 Å². The van der Waals surface area contributed by atoms with Gasteiger partial charge in [0, 0.05) is 28.0 Å². The molecule has 0 bridgehead atoms. The van der Waals surface area contributed by atoms with Gasteiger partial charge in [0.2, 0.25) is 0 Å². The SMILES string of the molecule is COC(=O)C1=C(C)NC(C)=C(C(=O)OC)C1c1ccccc1Nc1nc(-c2cc(OC)ccc2OC)cs1. The van der Waals surface area contributed by atoms with E-state index in [0.717, 1.165) is 5.56 Å². The van der Waals surface area contributed by atoms with Gasteiger partial charge in [-0.3, -0.25) is 0 Å². The van der Waals surface area contributed by atoms with Gasteiger partial charge in [0.05, 0.1) is 51.2 Å². The minimum atomic E-state index is -0.724. The highest BCUT2D eigenvalue weighted by atomic mass is 32.1. The van der Waals surface area contributed by atoms with Gasteiger partial charge in [0.25, 0.3) is 0 Å². The molecule has 2 N–H and O–H groups in total. The Morgan fingerprint density at radius 2 is 1.58 bits per heavy atom. The Morgan fingerprint density at radius 1 is 0.921 bits per heavy atom. The molecule has 198 valence electrons. The van der Waals surface area contributed by atoms with Gasteiger partial charge in [-0.05, 0) is 43.7 Å². The van der Waals surface area contributed by atoms with Crippen molar-refractivity contribution in [2.45, 2.75) is 19.8 Å². The molecule has 1 aromatic heterocycles. The summed E-state index contributed by atoms with van der Waals surface area (Å²) in [6, 6.07) is 13.0. The molecule has 0 amide bonds. The Balaban J connectivity index is 1.78. The van der Waals surface area contributed by atoms with E-state index in [1.165, 1.54) is 25.6 Å². The average Bonchev–Trinajstić information content (AvgIpc) is 3.40. The number of thiazole rings is 1. The van der Waals surface area contributed by atoms with Gasteiger partial charge in [0.15, 0.2) is 5.13 Å². The third kappa shape index (κ3) is 5.08. The Morgan fingerprint density at radius 3 is 2.18 bits per heavy atom. The highest BCUT2D eigenvalue weighted by Gasteiger charge is 2.38. The molecule has 0 saturated heterocycles. The number of dihydropyridines is 1. The molecule has 0 unspecified atom stereocenters. The number of ether oxygens (including phenoxy) is 4. The number of allylic oxidation sites excluding steroid dienone is 2. The zero-order chi connectivity index (χ0) is 27.4. The lowest BCUT2D eigenvalue weighted by Crippen LogP contribution is -2.32. The molecule has 3 aromatic rings. The molecule has 0 fully saturated rings. The van der Waals surface area contributed by atoms with Crippen LogP contribution in [0.3, 0.4) is 0 Å². The fourth-order valence-electron chi connectivity index (χ4n) is 4.51. The van der Waals surface area contributed by atoms with Crippen LogP contribution in [0.4, 0.5) is 10.8 Å². The van der Waals surface area contributed by atoms with E-state index in [9.17, 15) is 9.59 Å². The van der Waals surface area contributed by atoms with Crippen molar-refractivity contribution >= 4 is 34.1 Å². The maximum atomic E-state index is 12.9. The number of hydrogen-bond acceptors (Lipinski definition) is 10. The van der Waals surface area contributed by atoms with Gasteiger partial charge in [-0.25, -0.2) is 14.6 Å². The molecule has 2 aromatic carbocycles. The van der Waals surface area contributed by atoms with Gasteiger partial charge >= 0.3 is 11.9 Å². The summed E-state index contributed by atoms with van der Waals surface area (Å²) in [6.07, 6.45) is 0. The van der Waals surface area contributed by atoms with Gasteiger partial charge in [-0.15, -0.1) is 11.3 Å². The summed E-state index contributed by atoms with van der Waals surface area (Å²) in [6.45, 7) is 3.56. The van der Waals surface area contributed by atoms with Crippen LogP contribution in [0.15, 0.2) is 70.4 Å². The average molecular weight is 536 g/mol. The number of hydrogen-bond donors (Lipinski definition) is 2. The Kier molecular flexibility index (Phi) is 8.02. The van der Waals surface area contributed by atoms with Gasteiger partial charge in [0.1, 0.15) is 11.5 Å². The number of carbonyl (C=O) groups is 2. The molecule has 0 saturated carbocycles. The summed E-state index contributed by atoms with van der Waals surface area (Å²) in [7, 11) is 5.84. The zero-order valence-corrected chi connectivity index (χ0v) is 22.8. The van der Waals surface area contributed by atoms with Crippen LogP contribution in [-0.4, -0.2) is 45.4 Å². The van der Waals surface area contributed by atoms with Crippen LogP contribution in [0.25, 0.3) is 11.3 Å². The number of methoxy groups -OCH3 is 4. The summed E-state index contributed by atoms with van der Waals surface area (Å²) in [5.74, 6) is -0.438. The number of esters is 2.